The predicted octanol–water partition coefficient (Wildman–Crippen LogP) is 3.41. The second kappa shape index (κ2) is 5.40. The van der Waals surface area contributed by atoms with Crippen LogP contribution in [-0.2, 0) is 0 Å². The number of nitrogens with two attached hydrogens (primary N) is 1. The number of carbonyl (C=O) groups is 1. The van der Waals surface area contributed by atoms with Crippen molar-refractivity contribution in [2.75, 3.05) is 12.8 Å². The molecule has 2 N–H and O–H groups in total. The Morgan fingerprint density at radius 1 is 1.26 bits per heavy atom. The van der Waals surface area contributed by atoms with Gasteiger partial charge in [-0.05, 0) is 36.4 Å². The first-order chi connectivity index (χ1) is 9.02. The SMILES string of the molecule is COc1ccc(C(=O)c2cc(Br)ccc2N)cc1F. The lowest BCUT2D eigenvalue weighted by atomic mass is 10.0. The molecule has 5 heteroatoms. The molecule has 3 nitrogen and oxygen atoms in total. The molecule has 0 aromatic heterocycles. The Bertz CT molecular complexity index is 643. The summed E-state index contributed by atoms with van der Waals surface area (Å²) < 4.78 is 19.1. The van der Waals surface area contributed by atoms with E-state index >= 15 is 0 Å². The lowest BCUT2D eigenvalue weighted by Gasteiger charge is -2.07. The molecule has 0 fully saturated rings. The Labute approximate surface area is 118 Å². The second-order valence-electron chi connectivity index (χ2n) is 3.91. The first kappa shape index (κ1) is 13.5. The third kappa shape index (κ3) is 2.76. The zero-order valence-corrected chi connectivity index (χ0v) is 11.7. The largest absolute Gasteiger partial charge is 0.494 e. The zero-order valence-electron chi connectivity index (χ0n) is 10.1. The molecule has 0 spiro atoms. The molecule has 0 saturated heterocycles. The molecule has 19 heavy (non-hydrogen) atoms. The maximum absolute atomic E-state index is 13.6. The van der Waals surface area contributed by atoms with Gasteiger partial charge in [-0.3, -0.25) is 4.79 Å². The molecule has 2 aromatic carbocycles. The van der Waals surface area contributed by atoms with Gasteiger partial charge < -0.3 is 10.5 Å². The van der Waals surface area contributed by atoms with Crippen molar-refractivity contribution in [1.82, 2.24) is 0 Å². The lowest BCUT2D eigenvalue weighted by molar-refractivity contribution is 0.103. The molecule has 0 unspecified atom stereocenters. The van der Waals surface area contributed by atoms with Crippen molar-refractivity contribution in [3.8, 4) is 5.75 Å². The number of ether oxygens (including phenoxy) is 1. The van der Waals surface area contributed by atoms with Crippen LogP contribution in [0.5, 0.6) is 5.75 Å². The highest BCUT2D eigenvalue weighted by Crippen LogP contribution is 2.24. The van der Waals surface area contributed by atoms with Gasteiger partial charge in [0.1, 0.15) is 0 Å². The molecule has 0 atom stereocenters. The molecule has 0 amide bonds. The van der Waals surface area contributed by atoms with Gasteiger partial charge in [-0.2, -0.15) is 0 Å². The van der Waals surface area contributed by atoms with Crippen LogP contribution in [0.15, 0.2) is 40.9 Å². The van der Waals surface area contributed by atoms with E-state index in [1.165, 1.54) is 19.2 Å². The van der Waals surface area contributed by atoms with Gasteiger partial charge in [0.15, 0.2) is 17.3 Å². The van der Waals surface area contributed by atoms with Crippen LogP contribution >= 0.6 is 15.9 Å². The van der Waals surface area contributed by atoms with Crippen LogP contribution in [0.3, 0.4) is 0 Å². The molecule has 0 saturated carbocycles. The van der Waals surface area contributed by atoms with E-state index in [2.05, 4.69) is 15.9 Å². The van der Waals surface area contributed by atoms with Gasteiger partial charge in [0.2, 0.25) is 0 Å². The Balaban J connectivity index is 2.44. The average molecular weight is 324 g/mol. The van der Waals surface area contributed by atoms with E-state index in [1.54, 1.807) is 18.2 Å². The van der Waals surface area contributed by atoms with Gasteiger partial charge in [-0.1, -0.05) is 15.9 Å². The summed E-state index contributed by atoms with van der Waals surface area (Å²) in [6.07, 6.45) is 0. The molecule has 98 valence electrons. The minimum absolute atomic E-state index is 0.0961. The second-order valence-corrected chi connectivity index (χ2v) is 4.83. The fourth-order valence-corrected chi connectivity index (χ4v) is 2.05. The highest BCUT2D eigenvalue weighted by Gasteiger charge is 2.15. The van der Waals surface area contributed by atoms with Crippen LogP contribution in [0.2, 0.25) is 0 Å². The number of carbonyl (C=O) groups excluding carboxylic acids is 1. The van der Waals surface area contributed by atoms with Crippen molar-refractivity contribution in [1.29, 1.82) is 0 Å². The number of methoxy groups -OCH3 is 1. The molecular formula is C14H11BrFNO2. The van der Waals surface area contributed by atoms with E-state index < -0.39 is 5.82 Å². The van der Waals surface area contributed by atoms with Crippen LogP contribution in [0.25, 0.3) is 0 Å². The molecular weight excluding hydrogens is 313 g/mol. The lowest BCUT2D eigenvalue weighted by Crippen LogP contribution is -2.06. The minimum atomic E-state index is -0.582. The topological polar surface area (TPSA) is 52.3 Å². The summed E-state index contributed by atoms with van der Waals surface area (Å²) in [7, 11) is 1.37. The Morgan fingerprint density at radius 3 is 2.63 bits per heavy atom. The molecule has 0 aliphatic heterocycles. The monoisotopic (exact) mass is 323 g/mol. The summed E-state index contributed by atoms with van der Waals surface area (Å²) in [5.74, 6) is -0.818. The molecule has 0 radical (unpaired) electrons. The third-order valence-corrected chi connectivity index (χ3v) is 3.17. The normalized spacial score (nSPS) is 10.3. The third-order valence-electron chi connectivity index (χ3n) is 2.67. The summed E-state index contributed by atoms with van der Waals surface area (Å²) in [6, 6.07) is 9.03. The predicted molar refractivity (Wildman–Crippen MR) is 74.9 cm³/mol. The maximum Gasteiger partial charge on any atom is 0.195 e. The highest BCUT2D eigenvalue weighted by molar-refractivity contribution is 9.10. The standard InChI is InChI=1S/C14H11BrFNO2/c1-19-13-5-2-8(6-11(13)16)14(18)10-7-9(15)3-4-12(10)17/h2-7H,17H2,1H3. The number of benzene rings is 2. The van der Waals surface area contributed by atoms with Crippen molar-refractivity contribution in [3.63, 3.8) is 0 Å². The van der Waals surface area contributed by atoms with Gasteiger partial charge in [-0.25, -0.2) is 4.39 Å². The summed E-state index contributed by atoms with van der Waals surface area (Å²) in [5, 5.41) is 0. The maximum atomic E-state index is 13.6. The van der Waals surface area contributed by atoms with Crippen molar-refractivity contribution >= 4 is 27.4 Å². The average Bonchev–Trinajstić information content (AvgIpc) is 2.40. The first-order valence-electron chi connectivity index (χ1n) is 5.46. The van der Waals surface area contributed by atoms with Gasteiger partial charge in [-0.15, -0.1) is 0 Å². The number of hydrogen-bond donors (Lipinski definition) is 1. The van der Waals surface area contributed by atoms with E-state index in [9.17, 15) is 9.18 Å². The number of rotatable bonds is 3. The molecule has 0 aliphatic rings. The first-order valence-corrected chi connectivity index (χ1v) is 6.25. The Hall–Kier alpha value is -1.88. The number of halogens is 2. The highest BCUT2D eigenvalue weighted by atomic mass is 79.9. The van der Waals surface area contributed by atoms with E-state index in [-0.39, 0.29) is 17.1 Å². The van der Waals surface area contributed by atoms with Crippen LogP contribution < -0.4 is 10.5 Å². The van der Waals surface area contributed by atoms with E-state index in [4.69, 9.17) is 10.5 Å². The molecule has 2 rings (SSSR count). The van der Waals surface area contributed by atoms with Gasteiger partial charge in [0.05, 0.1) is 7.11 Å². The minimum Gasteiger partial charge on any atom is -0.494 e. The van der Waals surface area contributed by atoms with Gasteiger partial charge in [0.25, 0.3) is 0 Å². The summed E-state index contributed by atoms with van der Waals surface area (Å²) >= 11 is 3.27. The van der Waals surface area contributed by atoms with Gasteiger partial charge in [0, 0.05) is 21.3 Å². The van der Waals surface area contributed by atoms with Crippen LogP contribution in [-0.4, -0.2) is 12.9 Å². The molecule has 0 heterocycles. The summed E-state index contributed by atoms with van der Waals surface area (Å²) in [5.41, 5.74) is 6.67. The summed E-state index contributed by atoms with van der Waals surface area (Å²) in [4.78, 5) is 12.3. The van der Waals surface area contributed by atoms with Gasteiger partial charge >= 0.3 is 0 Å². The van der Waals surface area contributed by atoms with Crippen molar-refractivity contribution in [2.24, 2.45) is 0 Å². The van der Waals surface area contributed by atoms with Crippen molar-refractivity contribution < 1.29 is 13.9 Å². The van der Waals surface area contributed by atoms with Crippen LogP contribution in [0, 0.1) is 5.82 Å². The Morgan fingerprint density at radius 2 is 2.00 bits per heavy atom. The smallest absolute Gasteiger partial charge is 0.195 e. The quantitative estimate of drug-likeness (QED) is 0.695. The van der Waals surface area contributed by atoms with Crippen LogP contribution in [0.4, 0.5) is 10.1 Å². The number of ketones is 1. The van der Waals surface area contributed by atoms with Crippen molar-refractivity contribution in [3.05, 3.63) is 57.8 Å². The van der Waals surface area contributed by atoms with Crippen molar-refractivity contribution in [2.45, 2.75) is 0 Å². The van der Waals surface area contributed by atoms with E-state index in [0.717, 1.165) is 10.5 Å². The molecule has 2 aromatic rings. The van der Waals surface area contributed by atoms with Crippen LogP contribution in [0.1, 0.15) is 15.9 Å². The zero-order chi connectivity index (χ0) is 14.0. The fourth-order valence-electron chi connectivity index (χ4n) is 1.69. The van der Waals surface area contributed by atoms with E-state index in [0.29, 0.717) is 11.3 Å². The molecule has 0 bridgehead atoms. The number of hydrogen-bond acceptors (Lipinski definition) is 3. The number of nitrogen functional groups attached to an aromatic ring is 1. The molecule has 0 aliphatic carbocycles. The Kier molecular flexibility index (Phi) is 3.85. The number of anilines is 1. The fraction of sp³-hybridized carbons (Fsp3) is 0.0714. The summed E-state index contributed by atoms with van der Waals surface area (Å²) in [6.45, 7) is 0. The van der Waals surface area contributed by atoms with E-state index in [1.807, 2.05) is 0 Å².